The molecule has 180 valence electrons. The highest BCUT2D eigenvalue weighted by Gasteiger charge is 2.34. The third-order valence-corrected chi connectivity index (χ3v) is 7.21. The monoisotopic (exact) mass is 627 g/mol. The maximum atomic E-state index is 13.0. The molecule has 1 N–H and O–H groups in total. The van der Waals surface area contributed by atoms with Crippen LogP contribution < -0.4 is 14.9 Å². The van der Waals surface area contributed by atoms with Crippen LogP contribution in [0.1, 0.15) is 27.0 Å². The third kappa shape index (κ3) is 5.70. The first kappa shape index (κ1) is 25.7. The first-order valence-corrected chi connectivity index (χ1v) is 12.8. The van der Waals surface area contributed by atoms with Gasteiger partial charge in [0.25, 0.3) is 11.8 Å². The minimum absolute atomic E-state index is 0.204. The van der Waals surface area contributed by atoms with Crippen molar-refractivity contribution in [3.8, 4) is 17.6 Å². The Hall–Kier alpha value is -3.40. The van der Waals surface area contributed by atoms with E-state index in [0.717, 1.165) is 25.9 Å². The van der Waals surface area contributed by atoms with Gasteiger partial charge >= 0.3 is 0 Å². The molecule has 1 aliphatic heterocycles. The predicted molar refractivity (Wildman–Crippen MR) is 150 cm³/mol. The number of amides is 2. The maximum Gasteiger partial charge on any atom is 0.285 e. The number of carbonyl (C=O) groups is 2. The van der Waals surface area contributed by atoms with Crippen molar-refractivity contribution in [2.75, 3.05) is 7.11 Å². The molecule has 0 aromatic heterocycles. The summed E-state index contributed by atoms with van der Waals surface area (Å²) in [6.45, 7) is 0.204. The van der Waals surface area contributed by atoms with Crippen molar-refractivity contribution in [3.05, 3.63) is 97.5 Å². The van der Waals surface area contributed by atoms with Crippen molar-refractivity contribution >= 4 is 68.8 Å². The zero-order valence-corrected chi connectivity index (χ0v) is 22.6. The van der Waals surface area contributed by atoms with Crippen molar-refractivity contribution in [1.29, 1.82) is 5.26 Å². The van der Waals surface area contributed by atoms with Crippen LogP contribution in [0, 0.1) is 14.9 Å². The van der Waals surface area contributed by atoms with Crippen LogP contribution in [-0.4, -0.2) is 28.3 Å². The van der Waals surface area contributed by atoms with Crippen LogP contribution >= 0.6 is 46.6 Å². The number of methoxy groups -OCH3 is 1. The quantitative estimate of drug-likeness (QED) is 0.216. The highest BCUT2D eigenvalue weighted by Crippen LogP contribution is 2.37. The lowest BCUT2D eigenvalue weighted by atomic mass is 10.1. The number of rotatable bonds is 7. The molecule has 0 radical (unpaired) electrons. The zero-order valence-electron chi connectivity index (χ0n) is 18.9. The molecule has 4 rings (SSSR count). The molecule has 0 aliphatic carbocycles. The van der Waals surface area contributed by atoms with Gasteiger partial charge < -0.3 is 9.47 Å². The number of thioether (sulfide) groups is 1. The molecule has 36 heavy (non-hydrogen) atoms. The normalized spacial score (nSPS) is 14.0. The minimum Gasteiger partial charge on any atom is -0.493 e. The number of nitrogens with zero attached hydrogens (tertiary/aromatic N) is 2. The summed E-state index contributed by atoms with van der Waals surface area (Å²) >= 11 is 8.55. The predicted octanol–water partition coefficient (Wildman–Crippen LogP) is 5.30. The van der Waals surface area contributed by atoms with E-state index in [1.54, 1.807) is 54.6 Å². The van der Waals surface area contributed by atoms with Crippen LogP contribution in [0.5, 0.6) is 11.5 Å². The SMILES string of the molecule is COc1cc(C=C2SC(=S)N(NC(=O)c3ccccc3)C2=O)cc(I)c1OCc1ccccc1C#N. The van der Waals surface area contributed by atoms with E-state index in [4.69, 9.17) is 21.7 Å². The van der Waals surface area contributed by atoms with E-state index in [-0.39, 0.29) is 10.9 Å². The van der Waals surface area contributed by atoms with Gasteiger partial charge in [-0.1, -0.05) is 48.2 Å². The number of nitrogens with one attached hydrogen (secondary N) is 1. The standard InChI is InChI=1S/C26H18IN3O4S2/c1-33-21-12-16(11-20(27)23(21)34-15-19-10-6-5-9-18(19)14-28)13-22-25(32)30(26(35)36-22)29-24(31)17-7-3-2-4-8-17/h2-13H,15H2,1H3,(H,29,31). The summed E-state index contributed by atoms with van der Waals surface area (Å²) in [6, 6.07) is 21.6. The summed E-state index contributed by atoms with van der Waals surface area (Å²) in [4.78, 5) is 25.8. The molecule has 1 aliphatic rings. The lowest BCUT2D eigenvalue weighted by Gasteiger charge is -2.15. The van der Waals surface area contributed by atoms with Crippen LogP contribution in [0.25, 0.3) is 6.08 Å². The number of nitriles is 1. The summed E-state index contributed by atoms with van der Waals surface area (Å²) in [5.74, 6) is 0.168. The van der Waals surface area contributed by atoms with Gasteiger partial charge in [0, 0.05) is 11.1 Å². The van der Waals surface area contributed by atoms with Crippen LogP contribution in [0.2, 0.25) is 0 Å². The Labute approximate surface area is 231 Å². The van der Waals surface area contributed by atoms with Gasteiger partial charge in [-0.25, -0.2) is 0 Å². The van der Waals surface area contributed by atoms with Gasteiger partial charge in [0.15, 0.2) is 15.8 Å². The molecule has 1 saturated heterocycles. The van der Waals surface area contributed by atoms with Gasteiger partial charge in [-0.15, -0.1) is 0 Å². The van der Waals surface area contributed by atoms with E-state index in [9.17, 15) is 14.9 Å². The number of halogens is 1. The average molecular weight is 627 g/mol. The van der Waals surface area contributed by atoms with Crippen molar-refractivity contribution in [3.63, 3.8) is 0 Å². The second kappa shape index (κ2) is 11.6. The Morgan fingerprint density at radius 3 is 2.64 bits per heavy atom. The Morgan fingerprint density at radius 1 is 1.19 bits per heavy atom. The molecule has 7 nitrogen and oxygen atoms in total. The fourth-order valence-corrected chi connectivity index (χ4v) is 5.30. The number of benzene rings is 3. The lowest BCUT2D eigenvalue weighted by Crippen LogP contribution is -2.44. The average Bonchev–Trinajstić information content (AvgIpc) is 3.15. The number of ether oxygens (including phenoxy) is 2. The fourth-order valence-electron chi connectivity index (χ4n) is 3.34. The van der Waals surface area contributed by atoms with Gasteiger partial charge in [0.1, 0.15) is 6.61 Å². The number of hydrazine groups is 1. The van der Waals surface area contributed by atoms with Crippen molar-refractivity contribution in [1.82, 2.24) is 10.4 Å². The fraction of sp³-hybridized carbons (Fsp3) is 0.0769. The lowest BCUT2D eigenvalue weighted by molar-refractivity contribution is -0.123. The maximum absolute atomic E-state index is 13.0. The summed E-state index contributed by atoms with van der Waals surface area (Å²) in [5.41, 5.74) is 5.00. The van der Waals surface area contributed by atoms with Crippen LogP contribution in [0.3, 0.4) is 0 Å². The van der Waals surface area contributed by atoms with E-state index in [1.165, 1.54) is 7.11 Å². The molecule has 0 atom stereocenters. The van der Waals surface area contributed by atoms with Crippen molar-refractivity contribution in [2.45, 2.75) is 6.61 Å². The molecule has 3 aromatic carbocycles. The molecule has 1 fully saturated rings. The van der Waals surface area contributed by atoms with E-state index in [1.807, 2.05) is 18.2 Å². The van der Waals surface area contributed by atoms with Crippen LogP contribution in [0.4, 0.5) is 0 Å². The first-order valence-electron chi connectivity index (χ1n) is 10.5. The number of thiocarbonyl (C=S) groups is 1. The highest BCUT2D eigenvalue weighted by atomic mass is 127. The Morgan fingerprint density at radius 2 is 1.92 bits per heavy atom. The van der Waals surface area contributed by atoms with Crippen molar-refractivity contribution < 1.29 is 19.1 Å². The van der Waals surface area contributed by atoms with Crippen LogP contribution in [0.15, 0.2) is 71.6 Å². The first-order chi connectivity index (χ1) is 17.4. The number of hydrogen-bond donors (Lipinski definition) is 1. The van der Waals surface area contributed by atoms with Gasteiger partial charge in [-0.2, -0.15) is 10.3 Å². The number of carbonyl (C=O) groups excluding carboxylic acids is 2. The van der Waals surface area contributed by atoms with E-state index >= 15 is 0 Å². The molecule has 0 saturated carbocycles. The van der Waals surface area contributed by atoms with Gasteiger partial charge in [-0.05, 0) is 76.8 Å². The van der Waals surface area contributed by atoms with Crippen LogP contribution in [-0.2, 0) is 11.4 Å². The molecule has 0 bridgehead atoms. The Kier molecular flexibility index (Phi) is 8.25. The summed E-state index contributed by atoms with van der Waals surface area (Å²) < 4.78 is 12.5. The number of hydrogen-bond acceptors (Lipinski definition) is 7. The van der Waals surface area contributed by atoms with Crippen molar-refractivity contribution in [2.24, 2.45) is 0 Å². The molecule has 3 aromatic rings. The van der Waals surface area contributed by atoms with Gasteiger partial charge in [0.05, 0.1) is 27.2 Å². The molecular formula is C26H18IN3O4S2. The van der Waals surface area contributed by atoms with Gasteiger partial charge in [-0.3, -0.25) is 15.0 Å². The summed E-state index contributed by atoms with van der Waals surface area (Å²) in [6.07, 6.45) is 1.69. The van der Waals surface area contributed by atoms with E-state index in [0.29, 0.717) is 33.1 Å². The van der Waals surface area contributed by atoms with E-state index < -0.39 is 11.8 Å². The molecular weight excluding hydrogens is 609 g/mol. The Bertz CT molecular complexity index is 1420. The van der Waals surface area contributed by atoms with E-state index in [2.05, 4.69) is 34.1 Å². The molecule has 0 unspecified atom stereocenters. The second-order valence-corrected chi connectivity index (χ2v) is 10.3. The molecule has 10 heteroatoms. The molecule has 2 amide bonds. The highest BCUT2D eigenvalue weighted by molar-refractivity contribution is 14.1. The Balaban J connectivity index is 1.53. The third-order valence-electron chi connectivity index (χ3n) is 5.10. The second-order valence-electron chi connectivity index (χ2n) is 7.42. The molecule has 0 spiro atoms. The summed E-state index contributed by atoms with van der Waals surface area (Å²) in [5, 5.41) is 10.4. The molecule has 1 heterocycles. The minimum atomic E-state index is -0.427. The van der Waals surface area contributed by atoms with Gasteiger partial charge in [0.2, 0.25) is 0 Å². The smallest absolute Gasteiger partial charge is 0.285 e. The largest absolute Gasteiger partial charge is 0.493 e. The topological polar surface area (TPSA) is 91.7 Å². The zero-order chi connectivity index (χ0) is 25.7. The summed E-state index contributed by atoms with van der Waals surface area (Å²) in [7, 11) is 1.53.